The maximum Gasteiger partial charge on any atom is 0.416 e. The maximum absolute atomic E-state index is 12.8. The summed E-state index contributed by atoms with van der Waals surface area (Å²) in [6.45, 7) is 1.26. The van der Waals surface area contributed by atoms with Crippen molar-refractivity contribution in [1.29, 1.82) is 0 Å². The first-order valence-electron chi connectivity index (χ1n) is 7.53. The number of halogens is 3. The number of nitrogens with one attached hydrogen (secondary N) is 1. The second kappa shape index (κ2) is 5.58. The predicted octanol–water partition coefficient (Wildman–Crippen LogP) is 1.78. The number of rotatable bonds is 2. The molecule has 2 heterocycles. The molecule has 1 aliphatic heterocycles. The topological polar surface area (TPSA) is 68.3 Å². The van der Waals surface area contributed by atoms with E-state index in [1.54, 1.807) is 0 Å². The molecule has 1 aromatic heterocycles. The molecule has 0 unspecified atom stereocenters. The number of piperidine rings is 1. The first-order chi connectivity index (χ1) is 10.8. The molecule has 5 nitrogen and oxygen atoms in total. The van der Waals surface area contributed by atoms with Gasteiger partial charge in [0.1, 0.15) is 11.9 Å². The smallest absolute Gasteiger partial charge is 0.416 e. The number of alkyl halides is 3. The molecule has 1 N–H and O–H groups in total. The molecular formula is C15H17F3N3O2-. The lowest BCUT2D eigenvalue weighted by atomic mass is 9.60. The quantitative estimate of drug-likeness (QED) is 0.899. The van der Waals surface area contributed by atoms with E-state index in [4.69, 9.17) is 0 Å². The largest absolute Gasteiger partial charge is 0.530 e. The Bertz CT molecular complexity index is 590. The highest BCUT2D eigenvalue weighted by atomic mass is 19.4. The number of hydrogen-bond donors (Lipinski definition) is 1. The van der Waals surface area contributed by atoms with Gasteiger partial charge in [-0.1, -0.05) is 0 Å². The number of pyridine rings is 1. The Hall–Kier alpha value is -1.99. The van der Waals surface area contributed by atoms with Crippen LogP contribution in [0.2, 0.25) is 0 Å². The van der Waals surface area contributed by atoms with Crippen molar-refractivity contribution in [2.24, 2.45) is 5.41 Å². The summed E-state index contributed by atoms with van der Waals surface area (Å²) in [5, 5.41) is 12.9. The molecule has 0 aromatic carbocycles. The summed E-state index contributed by atoms with van der Waals surface area (Å²) in [6, 6.07) is 1.99. The van der Waals surface area contributed by atoms with E-state index in [-0.39, 0.29) is 11.5 Å². The minimum Gasteiger partial charge on any atom is -0.530 e. The molecule has 1 aliphatic carbocycles. The van der Waals surface area contributed by atoms with Crippen LogP contribution in [0.25, 0.3) is 0 Å². The third-order valence-corrected chi connectivity index (χ3v) is 4.90. The molecule has 0 atom stereocenters. The first kappa shape index (κ1) is 15.9. The Morgan fingerprint density at radius 2 is 2.00 bits per heavy atom. The van der Waals surface area contributed by atoms with Crippen molar-refractivity contribution in [2.75, 3.05) is 18.0 Å². The van der Waals surface area contributed by atoms with Crippen molar-refractivity contribution in [3.05, 3.63) is 23.9 Å². The minimum atomic E-state index is -4.37. The van der Waals surface area contributed by atoms with E-state index in [9.17, 15) is 23.1 Å². The Morgan fingerprint density at radius 1 is 1.35 bits per heavy atom. The fourth-order valence-electron chi connectivity index (χ4n) is 3.64. The third-order valence-electron chi connectivity index (χ3n) is 4.90. The Balaban J connectivity index is 1.59. The molecule has 2 aliphatic rings. The van der Waals surface area contributed by atoms with Crippen LogP contribution in [0.15, 0.2) is 18.3 Å². The van der Waals surface area contributed by atoms with E-state index in [1.165, 1.54) is 6.20 Å². The van der Waals surface area contributed by atoms with Crippen molar-refractivity contribution in [2.45, 2.75) is 37.9 Å². The van der Waals surface area contributed by atoms with Crippen LogP contribution >= 0.6 is 0 Å². The molecular weight excluding hydrogens is 311 g/mol. The number of aromatic nitrogens is 1. The molecule has 1 amide bonds. The van der Waals surface area contributed by atoms with Crippen molar-refractivity contribution >= 4 is 11.9 Å². The summed E-state index contributed by atoms with van der Waals surface area (Å²) in [5.41, 5.74) is -0.588. The van der Waals surface area contributed by atoms with Crippen LogP contribution in [-0.4, -0.2) is 30.2 Å². The highest BCUT2D eigenvalue weighted by Gasteiger charge is 2.46. The predicted molar refractivity (Wildman–Crippen MR) is 74.7 cm³/mol. The van der Waals surface area contributed by atoms with E-state index in [1.807, 2.05) is 4.90 Å². The van der Waals surface area contributed by atoms with Gasteiger partial charge in [-0.25, -0.2) is 4.98 Å². The van der Waals surface area contributed by atoms with Crippen LogP contribution in [0, 0.1) is 5.41 Å². The lowest BCUT2D eigenvalue weighted by Gasteiger charge is -2.52. The van der Waals surface area contributed by atoms with E-state index in [0.717, 1.165) is 37.8 Å². The Morgan fingerprint density at radius 3 is 2.57 bits per heavy atom. The van der Waals surface area contributed by atoms with E-state index >= 15 is 0 Å². The van der Waals surface area contributed by atoms with Crippen molar-refractivity contribution in [1.82, 2.24) is 10.3 Å². The van der Waals surface area contributed by atoms with Crippen LogP contribution in [0.4, 0.5) is 23.8 Å². The number of carbonyl (C=O) groups is 1. The highest BCUT2D eigenvalue weighted by Crippen LogP contribution is 2.49. The summed E-state index contributed by atoms with van der Waals surface area (Å²) < 4.78 is 38.3. The van der Waals surface area contributed by atoms with Gasteiger partial charge in [-0.05, 0) is 43.2 Å². The summed E-state index contributed by atoms with van der Waals surface area (Å²) in [7, 11) is 0. The van der Waals surface area contributed by atoms with Gasteiger partial charge in [0.15, 0.2) is 0 Å². The standard InChI is InChI=1S/C15H18F3N3O2/c16-15(17,18)10-1-4-19-12(7-10)21-5-2-14(3-6-21)8-11(9-14)20-13(22)23/h1,4,7,11,20H,2-3,5-6,8-9H2,(H,22,23)/p-1. The zero-order valence-electron chi connectivity index (χ0n) is 12.4. The molecule has 3 rings (SSSR count). The zero-order valence-corrected chi connectivity index (χ0v) is 12.4. The van der Waals surface area contributed by atoms with Crippen LogP contribution in [-0.2, 0) is 6.18 Å². The van der Waals surface area contributed by atoms with Gasteiger partial charge in [-0.15, -0.1) is 0 Å². The van der Waals surface area contributed by atoms with Crippen LogP contribution in [0.3, 0.4) is 0 Å². The molecule has 1 saturated carbocycles. The molecule has 1 saturated heterocycles. The number of hydrogen-bond acceptors (Lipinski definition) is 4. The second-order valence-electron chi connectivity index (χ2n) is 6.42. The third kappa shape index (κ3) is 3.35. The van der Waals surface area contributed by atoms with Gasteiger partial charge in [-0.2, -0.15) is 13.2 Å². The molecule has 0 bridgehead atoms. The van der Waals surface area contributed by atoms with Crippen molar-refractivity contribution in [3.63, 3.8) is 0 Å². The summed E-state index contributed by atoms with van der Waals surface area (Å²) in [4.78, 5) is 16.4. The fourth-order valence-corrected chi connectivity index (χ4v) is 3.64. The van der Waals surface area contributed by atoms with E-state index in [2.05, 4.69) is 10.3 Å². The number of carbonyl (C=O) groups excluding carboxylic acids is 1. The Labute approximate surface area is 131 Å². The van der Waals surface area contributed by atoms with Gasteiger partial charge in [0, 0.05) is 25.3 Å². The van der Waals surface area contributed by atoms with Crippen molar-refractivity contribution in [3.8, 4) is 0 Å². The molecule has 1 aromatic rings. The second-order valence-corrected chi connectivity index (χ2v) is 6.42. The number of anilines is 1. The normalized spacial score (nSPS) is 21.1. The first-order valence-corrected chi connectivity index (χ1v) is 7.53. The minimum absolute atomic E-state index is 0.0572. The lowest BCUT2D eigenvalue weighted by Crippen LogP contribution is -2.57. The van der Waals surface area contributed by atoms with Crippen molar-refractivity contribution < 1.29 is 23.1 Å². The summed E-state index contributed by atoms with van der Waals surface area (Å²) in [5.74, 6) is 0.346. The maximum atomic E-state index is 12.8. The molecule has 0 radical (unpaired) electrons. The van der Waals surface area contributed by atoms with Crippen LogP contribution < -0.4 is 15.3 Å². The molecule has 2 fully saturated rings. The Kier molecular flexibility index (Phi) is 3.85. The van der Waals surface area contributed by atoms with Crippen LogP contribution in [0.5, 0.6) is 0 Å². The summed E-state index contributed by atoms with van der Waals surface area (Å²) >= 11 is 0. The van der Waals surface area contributed by atoms with Gasteiger partial charge in [0.25, 0.3) is 0 Å². The molecule has 23 heavy (non-hydrogen) atoms. The summed E-state index contributed by atoms with van der Waals surface area (Å²) in [6.07, 6.45) is -1.24. The zero-order chi connectivity index (χ0) is 16.7. The molecule has 8 heteroatoms. The number of carboxylic acid groups (broad SMARTS) is 1. The van der Waals surface area contributed by atoms with Gasteiger partial charge >= 0.3 is 6.18 Å². The van der Waals surface area contributed by atoms with E-state index in [0.29, 0.717) is 18.9 Å². The number of amides is 1. The SMILES string of the molecule is O=C([O-])NC1CC2(CCN(c3cc(C(F)(F)F)ccn3)CC2)C1. The van der Waals surface area contributed by atoms with Gasteiger partial charge in [0.2, 0.25) is 0 Å². The average molecular weight is 328 g/mol. The monoisotopic (exact) mass is 328 g/mol. The lowest BCUT2D eigenvalue weighted by molar-refractivity contribution is -0.253. The van der Waals surface area contributed by atoms with Gasteiger partial charge in [0.05, 0.1) is 5.56 Å². The molecule has 1 spiro atoms. The van der Waals surface area contributed by atoms with Gasteiger partial charge in [-0.3, -0.25) is 0 Å². The average Bonchev–Trinajstić information content (AvgIpc) is 2.45. The fraction of sp³-hybridized carbons (Fsp3) is 0.600. The number of nitrogens with zero attached hydrogens (tertiary/aromatic N) is 2. The van der Waals surface area contributed by atoms with Gasteiger partial charge < -0.3 is 20.1 Å². The molecule has 126 valence electrons. The highest BCUT2D eigenvalue weighted by molar-refractivity contribution is 5.62. The van der Waals surface area contributed by atoms with Crippen LogP contribution in [0.1, 0.15) is 31.2 Å². The van der Waals surface area contributed by atoms with E-state index < -0.39 is 17.8 Å².